The molecule has 3 heterocycles. The maximum absolute atomic E-state index is 11.2. The zero-order chi connectivity index (χ0) is 12.0. The van der Waals surface area contributed by atoms with Crippen LogP contribution >= 0.6 is 0 Å². The van der Waals surface area contributed by atoms with E-state index in [1.807, 2.05) is 15.9 Å². The summed E-state index contributed by atoms with van der Waals surface area (Å²) < 4.78 is 5.18. The number of nitrogens with zero attached hydrogens (tertiary/aromatic N) is 2. The molecule has 2 N–H and O–H groups in total. The molecule has 90 valence electrons. The minimum atomic E-state index is -0.397. The summed E-state index contributed by atoms with van der Waals surface area (Å²) in [5.74, 6) is -0.583. The number of rotatable bonds is 1. The fourth-order valence-corrected chi connectivity index (χ4v) is 2.38. The third-order valence-electron chi connectivity index (χ3n) is 3.28. The zero-order valence-electron chi connectivity index (χ0n) is 9.26. The van der Waals surface area contributed by atoms with E-state index in [1.165, 1.54) is 0 Å². The minimum Gasteiger partial charge on any atom is -0.443 e. The standard InChI is InChI=1S/C11H13N3O3/c12-11(16)7-1-2-8-4-14-6-10(15)17-9(14)5-13(8)3-7/h2-3,9H,1,4-6H2,(H2,12,16). The molecule has 0 aromatic rings. The smallest absolute Gasteiger partial charge is 0.321 e. The first-order valence-electron chi connectivity index (χ1n) is 5.53. The van der Waals surface area contributed by atoms with E-state index in [-0.39, 0.29) is 12.2 Å². The molecular weight excluding hydrogens is 222 g/mol. The van der Waals surface area contributed by atoms with Crippen LogP contribution in [0.3, 0.4) is 0 Å². The van der Waals surface area contributed by atoms with Crippen LogP contribution in [0.15, 0.2) is 23.5 Å². The first kappa shape index (κ1) is 10.3. The summed E-state index contributed by atoms with van der Waals surface area (Å²) in [5.41, 5.74) is 6.95. The summed E-state index contributed by atoms with van der Waals surface area (Å²) in [4.78, 5) is 26.2. The second kappa shape index (κ2) is 3.59. The second-order valence-corrected chi connectivity index (χ2v) is 4.42. The molecule has 0 saturated carbocycles. The molecule has 1 unspecified atom stereocenters. The predicted molar refractivity (Wildman–Crippen MR) is 58.1 cm³/mol. The molecule has 0 aromatic heterocycles. The van der Waals surface area contributed by atoms with Crippen LogP contribution in [-0.4, -0.2) is 47.5 Å². The van der Waals surface area contributed by atoms with Crippen LogP contribution in [0.2, 0.25) is 0 Å². The lowest BCUT2D eigenvalue weighted by molar-refractivity contribution is -0.142. The van der Waals surface area contributed by atoms with Gasteiger partial charge < -0.3 is 15.4 Å². The Hall–Kier alpha value is -1.82. The van der Waals surface area contributed by atoms with E-state index >= 15 is 0 Å². The highest BCUT2D eigenvalue weighted by Crippen LogP contribution is 2.27. The van der Waals surface area contributed by atoms with Crippen LogP contribution in [0.4, 0.5) is 0 Å². The fraction of sp³-hybridized carbons (Fsp3) is 0.455. The Balaban J connectivity index is 1.81. The van der Waals surface area contributed by atoms with Crippen LogP contribution in [0.5, 0.6) is 0 Å². The van der Waals surface area contributed by atoms with E-state index in [0.717, 1.165) is 5.70 Å². The van der Waals surface area contributed by atoms with Gasteiger partial charge in [-0.1, -0.05) is 6.08 Å². The van der Waals surface area contributed by atoms with Gasteiger partial charge in [0.1, 0.15) is 6.54 Å². The number of carbonyl (C=O) groups is 2. The molecule has 6 nitrogen and oxygen atoms in total. The van der Waals surface area contributed by atoms with E-state index in [1.54, 1.807) is 6.20 Å². The van der Waals surface area contributed by atoms with Gasteiger partial charge in [-0.25, -0.2) is 0 Å². The topological polar surface area (TPSA) is 75.9 Å². The summed E-state index contributed by atoms with van der Waals surface area (Å²) in [6.07, 6.45) is 4.11. The maximum Gasteiger partial charge on any atom is 0.321 e. The lowest BCUT2D eigenvalue weighted by Crippen LogP contribution is -2.48. The first-order valence-corrected chi connectivity index (χ1v) is 5.53. The van der Waals surface area contributed by atoms with Crippen molar-refractivity contribution in [2.45, 2.75) is 12.6 Å². The number of allylic oxidation sites excluding steroid dienone is 1. The van der Waals surface area contributed by atoms with Gasteiger partial charge in [0.05, 0.1) is 6.54 Å². The monoisotopic (exact) mass is 235 g/mol. The van der Waals surface area contributed by atoms with E-state index < -0.39 is 5.91 Å². The van der Waals surface area contributed by atoms with Crippen molar-refractivity contribution in [1.82, 2.24) is 9.80 Å². The second-order valence-electron chi connectivity index (χ2n) is 4.42. The van der Waals surface area contributed by atoms with Gasteiger partial charge >= 0.3 is 5.97 Å². The molecule has 0 aromatic carbocycles. The van der Waals surface area contributed by atoms with Crippen molar-refractivity contribution in [3.05, 3.63) is 23.5 Å². The molecule has 17 heavy (non-hydrogen) atoms. The number of hydrogen-bond acceptors (Lipinski definition) is 5. The summed E-state index contributed by atoms with van der Waals surface area (Å²) in [5, 5.41) is 0. The predicted octanol–water partition coefficient (Wildman–Crippen LogP) is -0.856. The maximum atomic E-state index is 11.2. The Bertz CT molecular complexity index is 455. The molecule has 0 aliphatic carbocycles. The molecular formula is C11H13N3O3. The highest BCUT2D eigenvalue weighted by atomic mass is 16.6. The Morgan fingerprint density at radius 2 is 2.29 bits per heavy atom. The number of fused-ring (bicyclic) bond motifs is 2. The molecule has 1 atom stereocenters. The Morgan fingerprint density at radius 3 is 3.06 bits per heavy atom. The van der Waals surface area contributed by atoms with Crippen molar-refractivity contribution >= 4 is 11.9 Å². The number of nitrogens with two attached hydrogens (primary N) is 1. The van der Waals surface area contributed by atoms with Gasteiger partial charge in [-0.2, -0.15) is 0 Å². The van der Waals surface area contributed by atoms with Crippen molar-refractivity contribution in [2.24, 2.45) is 5.73 Å². The molecule has 3 aliphatic heterocycles. The van der Waals surface area contributed by atoms with E-state index in [2.05, 4.69) is 0 Å². The highest BCUT2D eigenvalue weighted by molar-refractivity contribution is 5.92. The van der Waals surface area contributed by atoms with Gasteiger partial charge in [-0.05, 0) is 6.42 Å². The largest absolute Gasteiger partial charge is 0.443 e. The minimum absolute atomic E-state index is 0.186. The van der Waals surface area contributed by atoms with Gasteiger partial charge in [-0.3, -0.25) is 14.5 Å². The normalized spacial score (nSPS) is 27.9. The van der Waals surface area contributed by atoms with Crippen molar-refractivity contribution < 1.29 is 14.3 Å². The quantitative estimate of drug-likeness (QED) is 0.599. The summed E-state index contributed by atoms with van der Waals surface area (Å²) in [6.45, 7) is 1.59. The third-order valence-corrected chi connectivity index (χ3v) is 3.28. The van der Waals surface area contributed by atoms with Crippen LogP contribution in [-0.2, 0) is 14.3 Å². The molecule has 1 amide bonds. The molecule has 0 bridgehead atoms. The van der Waals surface area contributed by atoms with Gasteiger partial charge in [0, 0.05) is 24.0 Å². The molecule has 0 radical (unpaired) electrons. The SMILES string of the molecule is NC(=O)C1=CN2CC3OC(=O)CN3CC2=CC1. The molecule has 3 aliphatic rings. The summed E-state index contributed by atoms with van der Waals surface area (Å²) in [6, 6.07) is 0. The molecule has 0 spiro atoms. The van der Waals surface area contributed by atoms with Gasteiger partial charge in [0.2, 0.25) is 5.91 Å². The average Bonchev–Trinajstić information content (AvgIpc) is 2.63. The van der Waals surface area contributed by atoms with Crippen LogP contribution in [0.1, 0.15) is 6.42 Å². The number of piperazine rings is 1. The third kappa shape index (κ3) is 1.70. The Morgan fingerprint density at radius 1 is 1.47 bits per heavy atom. The average molecular weight is 235 g/mol. The van der Waals surface area contributed by atoms with Crippen molar-refractivity contribution in [1.29, 1.82) is 0 Å². The van der Waals surface area contributed by atoms with Crippen LogP contribution < -0.4 is 5.73 Å². The molecule has 6 heteroatoms. The van der Waals surface area contributed by atoms with Crippen molar-refractivity contribution in [3.63, 3.8) is 0 Å². The van der Waals surface area contributed by atoms with Gasteiger partial charge in [-0.15, -0.1) is 0 Å². The Kier molecular flexibility index (Phi) is 2.19. The fourth-order valence-electron chi connectivity index (χ4n) is 2.38. The van der Waals surface area contributed by atoms with Gasteiger partial charge in [0.25, 0.3) is 0 Å². The highest BCUT2D eigenvalue weighted by Gasteiger charge is 2.38. The molecule has 3 rings (SSSR count). The van der Waals surface area contributed by atoms with Gasteiger partial charge in [0.15, 0.2) is 6.23 Å². The van der Waals surface area contributed by atoms with E-state index in [9.17, 15) is 9.59 Å². The number of esters is 1. The number of amides is 1. The van der Waals surface area contributed by atoms with Crippen LogP contribution in [0, 0.1) is 0 Å². The lowest BCUT2D eigenvalue weighted by Gasteiger charge is -2.38. The number of ether oxygens (including phenoxy) is 1. The van der Waals surface area contributed by atoms with Crippen molar-refractivity contribution in [2.75, 3.05) is 19.6 Å². The molecule has 2 saturated heterocycles. The first-order chi connectivity index (χ1) is 8.13. The Labute approximate surface area is 98.3 Å². The lowest BCUT2D eigenvalue weighted by atomic mass is 10.1. The van der Waals surface area contributed by atoms with Crippen molar-refractivity contribution in [3.8, 4) is 0 Å². The summed E-state index contributed by atoms with van der Waals surface area (Å²) >= 11 is 0. The van der Waals surface area contributed by atoms with E-state index in [4.69, 9.17) is 10.5 Å². The van der Waals surface area contributed by atoms with Crippen LogP contribution in [0.25, 0.3) is 0 Å². The molecule has 2 fully saturated rings. The number of carbonyl (C=O) groups excluding carboxylic acids is 2. The zero-order valence-corrected chi connectivity index (χ0v) is 9.26. The summed E-state index contributed by atoms with van der Waals surface area (Å²) in [7, 11) is 0. The number of hydrogen-bond donors (Lipinski definition) is 1. The van der Waals surface area contributed by atoms with E-state index in [0.29, 0.717) is 31.6 Å². The number of primary amides is 1.